The van der Waals surface area contributed by atoms with Crippen molar-refractivity contribution >= 4 is 28.2 Å². The van der Waals surface area contributed by atoms with Crippen LogP contribution in [0.15, 0.2) is 29.8 Å². The summed E-state index contributed by atoms with van der Waals surface area (Å²) in [5.41, 5.74) is 0.981. The topological polar surface area (TPSA) is 58.1 Å². The first-order valence-corrected chi connectivity index (χ1v) is 8.47. The third-order valence-electron chi connectivity index (χ3n) is 3.79. The first-order chi connectivity index (χ1) is 10.6. The van der Waals surface area contributed by atoms with E-state index in [-0.39, 0.29) is 17.9 Å². The number of pyridine rings is 1. The Kier molecular flexibility index (Phi) is 4.38. The predicted octanol–water partition coefficient (Wildman–Crippen LogP) is 3.60. The SMILES string of the molecule is CC(C)C(=O)N1CCC[C@H]1c1csc(Nc2ccccn2)n1. The standard InChI is InChI=1S/C16H20N4OS/c1-11(2)15(21)20-9-5-6-13(20)12-10-22-16(18-12)19-14-7-3-4-8-17-14/h3-4,7-8,10-11,13H,5-6,9H2,1-2H3,(H,17,18,19)/t13-/m0/s1. The number of nitrogens with one attached hydrogen (secondary N) is 1. The van der Waals surface area contributed by atoms with Crippen LogP contribution in [0.4, 0.5) is 10.9 Å². The van der Waals surface area contributed by atoms with Gasteiger partial charge < -0.3 is 10.2 Å². The van der Waals surface area contributed by atoms with Gasteiger partial charge in [0.25, 0.3) is 0 Å². The lowest BCUT2D eigenvalue weighted by atomic mass is 10.1. The maximum atomic E-state index is 12.3. The number of anilines is 2. The minimum atomic E-state index is 0.0327. The zero-order chi connectivity index (χ0) is 15.5. The lowest BCUT2D eigenvalue weighted by molar-refractivity contribution is -0.135. The van der Waals surface area contributed by atoms with E-state index in [1.807, 2.05) is 42.3 Å². The molecule has 1 amide bonds. The highest BCUT2D eigenvalue weighted by Gasteiger charge is 2.32. The number of carbonyl (C=O) groups is 1. The van der Waals surface area contributed by atoms with E-state index in [0.717, 1.165) is 36.0 Å². The number of thiazole rings is 1. The molecule has 0 unspecified atom stereocenters. The van der Waals surface area contributed by atoms with Crippen molar-refractivity contribution in [2.24, 2.45) is 5.92 Å². The smallest absolute Gasteiger partial charge is 0.225 e. The van der Waals surface area contributed by atoms with Crippen LogP contribution in [0.3, 0.4) is 0 Å². The van der Waals surface area contributed by atoms with E-state index in [1.54, 1.807) is 17.5 Å². The van der Waals surface area contributed by atoms with Gasteiger partial charge in [-0.05, 0) is 25.0 Å². The molecule has 0 aromatic carbocycles. The van der Waals surface area contributed by atoms with Gasteiger partial charge in [-0.15, -0.1) is 11.3 Å². The van der Waals surface area contributed by atoms with Crippen molar-refractivity contribution in [3.63, 3.8) is 0 Å². The fourth-order valence-corrected chi connectivity index (χ4v) is 3.48. The number of likely N-dealkylation sites (tertiary alicyclic amines) is 1. The quantitative estimate of drug-likeness (QED) is 0.936. The molecule has 3 heterocycles. The third kappa shape index (κ3) is 3.11. The summed E-state index contributed by atoms with van der Waals surface area (Å²) in [5.74, 6) is 1.03. The monoisotopic (exact) mass is 316 g/mol. The summed E-state index contributed by atoms with van der Waals surface area (Å²) in [6.07, 6.45) is 3.78. The number of rotatable bonds is 4. The molecular weight excluding hydrogens is 296 g/mol. The molecule has 0 radical (unpaired) electrons. The highest BCUT2D eigenvalue weighted by molar-refractivity contribution is 7.13. The zero-order valence-corrected chi connectivity index (χ0v) is 13.6. The maximum Gasteiger partial charge on any atom is 0.225 e. The van der Waals surface area contributed by atoms with E-state index in [1.165, 1.54) is 0 Å². The molecule has 1 saturated heterocycles. The summed E-state index contributed by atoms with van der Waals surface area (Å²) < 4.78 is 0. The summed E-state index contributed by atoms with van der Waals surface area (Å²) >= 11 is 1.55. The Bertz CT molecular complexity index is 641. The number of aromatic nitrogens is 2. The number of carbonyl (C=O) groups excluding carboxylic acids is 1. The largest absolute Gasteiger partial charge is 0.334 e. The Labute approximate surface area is 134 Å². The molecule has 3 rings (SSSR count). The number of nitrogens with zero attached hydrogens (tertiary/aromatic N) is 3. The molecule has 1 atom stereocenters. The summed E-state index contributed by atoms with van der Waals surface area (Å²) in [4.78, 5) is 23.2. The summed E-state index contributed by atoms with van der Waals surface area (Å²) in [6, 6.07) is 5.84. The van der Waals surface area contributed by atoms with Crippen LogP contribution in [0.1, 0.15) is 38.4 Å². The van der Waals surface area contributed by atoms with Crippen LogP contribution in [0.2, 0.25) is 0 Å². The minimum absolute atomic E-state index is 0.0327. The highest BCUT2D eigenvalue weighted by atomic mass is 32.1. The summed E-state index contributed by atoms with van der Waals surface area (Å²) in [5, 5.41) is 6.07. The molecule has 22 heavy (non-hydrogen) atoms. The molecule has 2 aromatic rings. The molecule has 0 bridgehead atoms. The van der Waals surface area contributed by atoms with Crippen molar-refractivity contribution in [1.29, 1.82) is 0 Å². The van der Waals surface area contributed by atoms with E-state index in [2.05, 4.69) is 15.3 Å². The fraction of sp³-hybridized carbons (Fsp3) is 0.438. The Balaban J connectivity index is 1.74. The second-order valence-corrected chi connectivity index (χ2v) is 6.62. The van der Waals surface area contributed by atoms with E-state index in [4.69, 9.17) is 0 Å². The van der Waals surface area contributed by atoms with E-state index >= 15 is 0 Å². The van der Waals surface area contributed by atoms with Gasteiger partial charge in [0.2, 0.25) is 5.91 Å². The molecular formula is C16H20N4OS. The van der Waals surface area contributed by atoms with E-state index in [0.29, 0.717) is 0 Å². The van der Waals surface area contributed by atoms with Gasteiger partial charge in [-0.1, -0.05) is 19.9 Å². The lowest BCUT2D eigenvalue weighted by Gasteiger charge is -2.25. The van der Waals surface area contributed by atoms with Crippen LogP contribution in [0, 0.1) is 5.92 Å². The van der Waals surface area contributed by atoms with E-state index < -0.39 is 0 Å². The van der Waals surface area contributed by atoms with Gasteiger partial charge in [0, 0.05) is 24.0 Å². The Hall–Kier alpha value is -1.95. The van der Waals surface area contributed by atoms with Crippen LogP contribution < -0.4 is 5.32 Å². The molecule has 6 heteroatoms. The molecule has 0 aliphatic carbocycles. The van der Waals surface area contributed by atoms with E-state index in [9.17, 15) is 4.79 Å². The van der Waals surface area contributed by atoms with Gasteiger partial charge in [0.1, 0.15) is 5.82 Å². The molecule has 2 aromatic heterocycles. The van der Waals surface area contributed by atoms with Crippen LogP contribution in [-0.2, 0) is 4.79 Å². The fourth-order valence-electron chi connectivity index (χ4n) is 2.71. The van der Waals surface area contributed by atoms with Crippen molar-refractivity contribution in [2.75, 3.05) is 11.9 Å². The molecule has 1 N–H and O–H groups in total. The average molecular weight is 316 g/mol. The summed E-state index contributed by atoms with van der Waals surface area (Å²) in [6.45, 7) is 4.74. The molecule has 0 saturated carbocycles. The first-order valence-electron chi connectivity index (χ1n) is 7.59. The molecule has 1 aliphatic rings. The van der Waals surface area contributed by atoms with Crippen molar-refractivity contribution in [3.8, 4) is 0 Å². The number of hydrogen-bond acceptors (Lipinski definition) is 5. The Morgan fingerprint density at radius 3 is 3.05 bits per heavy atom. The first kappa shape index (κ1) is 15.0. The number of hydrogen-bond donors (Lipinski definition) is 1. The van der Waals surface area contributed by atoms with Crippen molar-refractivity contribution < 1.29 is 4.79 Å². The molecule has 5 nitrogen and oxygen atoms in total. The van der Waals surface area contributed by atoms with Gasteiger partial charge in [-0.3, -0.25) is 4.79 Å². The molecule has 1 aliphatic heterocycles. The normalized spacial score (nSPS) is 18.0. The van der Waals surface area contributed by atoms with Crippen LogP contribution in [0.5, 0.6) is 0 Å². The molecule has 0 spiro atoms. The van der Waals surface area contributed by atoms with Gasteiger partial charge >= 0.3 is 0 Å². The third-order valence-corrected chi connectivity index (χ3v) is 4.57. The molecule has 116 valence electrons. The maximum absolute atomic E-state index is 12.3. The van der Waals surface area contributed by atoms with Gasteiger partial charge in [0.15, 0.2) is 5.13 Å². The average Bonchev–Trinajstić information content (AvgIpc) is 3.16. The van der Waals surface area contributed by atoms with Gasteiger partial charge in [-0.25, -0.2) is 9.97 Å². The van der Waals surface area contributed by atoms with Gasteiger partial charge in [-0.2, -0.15) is 0 Å². The van der Waals surface area contributed by atoms with Crippen LogP contribution >= 0.6 is 11.3 Å². The van der Waals surface area contributed by atoms with Crippen LogP contribution in [0.25, 0.3) is 0 Å². The Morgan fingerprint density at radius 1 is 1.45 bits per heavy atom. The molecule has 1 fully saturated rings. The van der Waals surface area contributed by atoms with Gasteiger partial charge in [0.05, 0.1) is 11.7 Å². The lowest BCUT2D eigenvalue weighted by Crippen LogP contribution is -2.33. The second kappa shape index (κ2) is 6.44. The Morgan fingerprint density at radius 2 is 2.32 bits per heavy atom. The minimum Gasteiger partial charge on any atom is -0.334 e. The zero-order valence-electron chi connectivity index (χ0n) is 12.8. The second-order valence-electron chi connectivity index (χ2n) is 5.76. The van der Waals surface area contributed by atoms with Crippen molar-refractivity contribution in [3.05, 3.63) is 35.5 Å². The highest BCUT2D eigenvalue weighted by Crippen LogP contribution is 2.34. The van der Waals surface area contributed by atoms with Crippen molar-refractivity contribution in [1.82, 2.24) is 14.9 Å². The number of amides is 1. The van der Waals surface area contributed by atoms with Crippen molar-refractivity contribution in [2.45, 2.75) is 32.7 Å². The summed E-state index contributed by atoms with van der Waals surface area (Å²) in [7, 11) is 0. The predicted molar refractivity (Wildman–Crippen MR) is 88.2 cm³/mol. The van der Waals surface area contributed by atoms with Crippen LogP contribution in [-0.4, -0.2) is 27.3 Å².